The van der Waals surface area contributed by atoms with Crippen LogP contribution in [-0.2, 0) is 0 Å². The van der Waals surface area contributed by atoms with Gasteiger partial charge < -0.3 is 4.74 Å². The minimum absolute atomic E-state index is 0.165. The van der Waals surface area contributed by atoms with E-state index in [0.29, 0.717) is 5.56 Å². The zero-order valence-corrected chi connectivity index (χ0v) is 9.79. The van der Waals surface area contributed by atoms with Crippen LogP contribution < -0.4 is 4.74 Å². The predicted molar refractivity (Wildman–Crippen MR) is 57.2 cm³/mol. The third-order valence-electron chi connectivity index (χ3n) is 2.17. The van der Waals surface area contributed by atoms with E-state index in [1.54, 1.807) is 13.8 Å². The van der Waals surface area contributed by atoms with Crippen molar-refractivity contribution in [3.05, 3.63) is 29.8 Å². The second-order valence-corrected chi connectivity index (χ2v) is 4.01. The van der Waals surface area contributed by atoms with Gasteiger partial charge in [-0.05, 0) is 24.3 Å². The van der Waals surface area contributed by atoms with Crippen LogP contribution in [0.25, 0.3) is 0 Å². The summed E-state index contributed by atoms with van der Waals surface area (Å²) in [7, 11) is 0. The average Bonchev–Trinajstić information content (AvgIpc) is 2.28. The Hall–Kier alpha value is -1.59. The van der Waals surface area contributed by atoms with Crippen molar-refractivity contribution in [2.24, 2.45) is 5.92 Å². The predicted octanol–water partition coefficient (Wildman–Crippen LogP) is 3.76. The van der Waals surface area contributed by atoms with Crippen molar-refractivity contribution in [2.75, 3.05) is 0 Å². The van der Waals surface area contributed by atoms with E-state index < -0.39 is 18.3 Å². The SMILES string of the molecule is CC(C)C(=O)c1ccc(OC(F)(F)C(F)F)cc1. The van der Waals surface area contributed by atoms with Gasteiger partial charge in [0, 0.05) is 11.5 Å². The van der Waals surface area contributed by atoms with E-state index in [1.807, 2.05) is 0 Å². The molecule has 0 aromatic heterocycles. The van der Waals surface area contributed by atoms with Crippen LogP contribution in [0.3, 0.4) is 0 Å². The summed E-state index contributed by atoms with van der Waals surface area (Å²) in [6, 6.07) is 4.65. The molecule has 1 rings (SSSR count). The van der Waals surface area contributed by atoms with Gasteiger partial charge in [-0.25, -0.2) is 0 Å². The van der Waals surface area contributed by atoms with E-state index in [2.05, 4.69) is 4.74 Å². The maximum Gasteiger partial charge on any atom is 0.461 e. The van der Waals surface area contributed by atoms with Gasteiger partial charge in [0.15, 0.2) is 5.78 Å². The molecule has 0 spiro atoms. The highest BCUT2D eigenvalue weighted by Gasteiger charge is 2.43. The normalized spacial score (nSPS) is 12.0. The maximum atomic E-state index is 12.6. The molecule has 0 bridgehead atoms. The first kappa shape index (κ1) is 14.5. The number of alkyl halides is 4. The van der Waals surface area contributed by atoms with Crippen molar-refractivity contribution >= 4 is 5.78 Å². The van der Waals surface area contributed by atoms with Crippen molar-refractivity contribution in [1.29, 1.82) is 0 Å². The number of hydrogen-bond donors (Lipinski definition) is 0. The average molecular weight is 264 g/mol. The van der Waals surface area contributed by atoms with Gasteiger partial charge in [-0.3, -0.25) is 4.79 Å². The molecule has 1 aromatic carbocycles. The smallest absolute Gasteiger partial charge is 0.428 e. The molecule has 0 N–H and O–H groups in total. The molecule has 0 fully saturated rings. The zero-order valence-electron chi connectivity index (χ0n) is 9.79. The highest BCUT2D eigenvalue weighted by Crippen LogP contribution is 2.27. The molecule has 0 aliphatic rings. The Morgan fingerprint density at radius 2 is 1.67 bits per heavy atom. The minimum Gasteiger partial charge on any atom is -0.428 e. The standard InChI is InChI=1S/C12H12F4O2/c1-7(2)10(17)8-3-5-9(6-4-8)18-12(15,16)11(13)14/h3-7,11H,1-2H3. The Balaban J connectivity index is 2.81. The summed E-state index contributed by atoms with van der Waals surface area (Å²) in [5, 5.41) is 0. The first-order chi connectivity index (χ1) is 8.24. The molecule has 0 radical (unpaired) electrons. The lowest BCUT2D eigenvalue weighted by atomic mass is 10.0. The summed E-state index contributed by atoms with van der Waals surface area (Å²) in [6.45, 7) is 3.38. The third-order valence-corrected chi connectivity index (χ3v) is 2.17. The lowest BCUT2D eigenvalue weighted by Gasteiger charge is -2.16. The number of halogens is 4. The molecule has 100 valence electrons. The molecule has 18 heavy (non-hydrogen) atoms. The number of carbonyl (C=O) groups is 1. The van der Waals surface area contributed by atoms with Gasteiger partial charge in [0.05, 0.1) is 0 Å². The third kappa shape index (κ3) is 3.45. The second-order valence-electron chi connectivity index (χ2n) is 4.01. The molecule has 0 heterocycles. The number of ketones is 1. The molecule has 0 aliphatic carbocycles. The van der Waals surface area contributed by atoms with Gasteiger partial charge in [0.25, 0.3) is 0 Å². The van der Waals surface area contributed by atoms with Gasteiger partial charge in [-0.1, -0.05) is 13.8 Å². The lowest BCUT2D eigenvalue weighted by Crippen LogP contribution is -2.33. The first-order valence-electron chi connectivity index (χ1n) is 5.23. The summed E-state index contributed by atoms with van der Waals surface area (Å²) in [6.07, 6.45) is -8.45. The van der Waals surface area contributed by atoms with Crippen LogP contribution in [-0.4, -0.2) is 18.3 Å². The van der Waals surface area contributed by atoms with Crippen LogP contribution in [0.5, 0.6) is 5.75 Å². The van der Waals surface area contributed by atoms with E-state index >= 15 is 0 Å². The number of Topliss-reactive ketones (excluding diaryl/α,β-unsaturated/α-hetero) is 1. The maximum absolute atomic E-state index is 12.6. The Kier molecular flexibility index (Phi) is 4.32. The zero-order chi connectivity index (χ0) is 13.9. The Morgan fingerprint density at radius 1 is 1.17 bits per heavy atom. The monoisotopic (exact) mass is 264 g/mol. The van der Waals surface area contributed by atoms with Crippen LogP contribution in [0.2, 0.25) is 0 Å². The largest absolute Gasteiger partial charge is 0.461 e. The molecular formula is C12H12F4O2. The summed E-state index contributed by atoms with van der Waals surface area (Å²) in [4.78, 5) is 11.5. The highest BCUT2D eigenvalue weighted by atomic mass is 19.3. The fourth-order valence-corrected chi connectivity index (χ4v) is 1.22. The molecule has 6 heteroatoms. The Morgan fingerprint density at radius 3 is 2.06 bits per heavy atom. The van der Waals surface area contributed by atoms with E-state index in [0.717, 1.165) is 12.1 Å². The lowest BCUT2D eigenvalue weighted by molar-refractivity contribution is -0.253. The fraction of sp³-hybridized carbons (Fsp3) is 0.417. The highest BCUT2D eigenvalue weighted by molar-refractivity contribution is 5.97. The van der Waals surface area contributed by atoms with Crippen LogP contribution in [0.4, 0.5) is 17.6 Å². The number of carbonyl (C=O) groups excluding carboxylic acids is 1. The van der Waals surface area contributed by atoms with Gasteiger partial charge >= 0.3 is 12.5 Å². The van der Waals surface area contributed by atoms with Gasteiger partial charge in [0.2, 0.25) is 0 Å². The van der Waals surface area contributed by atoms with Crippen LogP contribution in [0.15, 0.2) is 24.3 Å². The summed E-state index contributed by atoms with van der Waals surface area (Å²) < 4.78 is 52.8. The van der Waals surface area contributed by atoms with Crippen molar-refractivity contribution in [2.45, 2.75) is 26.4 Å². The molecule has 0 aliphatic heterocycles. The number of rotatable bonds is 5. The minimum atomic E-state index is -4.54. The van der Waals surface area contributed by atoms with Crippen LogP contribution in [0.1, 0.15) is 24.2 Å². The van der Waals surface area contributed by atoms with E-state index in [9.17, 15) is 22.4 Å². The molecule has 0 atom stereocenters. The van der Waals surface area contributed by atoms with Gasteiger partial charge in [-0.2, -0.15) is 17.6 Å². The molecule has 0 unspecified atom stereocenters. The van der Waals surface area contributed by atoms with Crippen molar-refractivity contribution in [1.82, 2.24) is 0 Å². The van der Waals surface area contributed by atoms with Crippen molar-refractivity contribution in [3.8, 4) is 5.75 Å². The van der Waals surface area contributed by atoms with Crippen molar-refractivity contribution in [3.63, 3.8) is 0 Å². The van der Waals surface area contributed by atoms with Gasteiger partial charge in [0.1, 0.15) is 5.75 Å². The van der Waals surface area contributed by atoms with Crippen LogP contribution >= 0.6 is 0 Å². The summed E-state index contributed by atoms with van der Waals surface area (Å²) in [5.74, 6) is -0.818. The fourth-order valence-electron chi connectivity index (χ4n) is 1.22. The molecular weight excluding hydrogens is 252 g/mol. The number of hydrogen-bond acceptors (Lipinski definition) is 2. The van der Waals surface area contributed by atoms with E-state index in [4.69, 9.17) is 0 Å². The van der Waals surface area contributed by atoms with E-state index in [-0.39, 0.29) is 11.7 Å². The number of ether oxygens (including phenoxy) is 1. The second kappa shape index (κ2) is 5.37. The quantitative estimate of drug-likeness (QED) is 0.598. The Labute approximate surface area is 102 Å². The number of benzene rings is 1. The van der Waals surface area contributed by atoms with Crippen molar-refractivity contribution < 1.29 is 27.1 Å². The summed E-state index contributed by atoms with van der Waals surface area (Å²) >= 11 is 0. The molecule has 1 aromatic rings. The molecule has 0 amide bonds. The van der Waals surface area contributed by atoms with E-state index in [1.165, 1.54) is 12.1 Å². The van der Waals surface area contributed by atoms with Crippen LogP contribution in [0, 0.1) is 5.92 Å². The molecule has 0 saturated heterocycles. The Bertz CT molecular complexity index is 413. The first-order valence-corrected chi connectivity index (χ1v) is 5.23. The molecule has 2 nitrogen and oxygen atoms in total. The molecule has 0 saturated carbocycles. The van der Waals surface area contributed by atoms with Gasteiger partial charge in [-0.15, -0.1) is 0 Å². The summed E-state index contributed by atoms with van der Waals surface area (Å²) in [5.41, 5.74) is 0.317. The topological polar surface area (TPSA) is 26.3 Å².